The smallest absolute Gasteiger partial charge is 0.277 e. The van der Waals surface area contributed by atoms with Crippen LogP contribution in [0.1, 0.15) is 21.5 Å². The van der Waals surface area contributed by atoms with Crippen molar-refractivity contribution in [2.24, 2.45) is 4.99 Å². The van der Waals surface area contributed by atoms with Crippen LogP contribution in [0.5, 0.6) is 0 Å². The molecule has 20 heavy (non-hydrogen) atoms. The molecule has 0 aliphatic carbocycles. The average Bonchev–Trinajstić information content (AvgIpc) is 2.79. The van der Waals surface area contributed by atoms with E-state index >= 15 is 0 Å². The second-order valence-electron chi connectivity index (χ2n) is 4.17. The number of benzene rings is 1. The van der Waals surface area contributed by atoms with Crippen LogP contribution in [-0.2, 0) is 0 Å². The molecule has 0 saturated heterocycles. The summed E-state index contributed by atoms with van der Waals surface area (Å²) < 4.78 is 0. The molecule has 3 rings (SSSR count). The van der Waals surface area contributed by atoms with Gasteiger partial charge >= 0.3 is 0 Å². The number of nitriles is 1. The van der Waals surface area contributed by atoms with E-state index in [2.05, 4.69) is 15.0 Å². The Balaban J connectivity index is 2.23. The summed E-state index contributed by atoms with van der Waals surface area (Å²) in [4.78, 5) is 23.1. The van der Waals surface area contributed by atoms with Crippen LogP contribution in [0.25, 0.3) is 11.3 Å². The lowest BCUT2D eigenvalue weighted by Gasteiger charge is -2.07. The third kappa shape index (κ3) is 1.67. The summed E-state index contributed by atoms with van der Waals surface area (Å²) in [6.45, 7) is 0. The zero-order valence-electron chi connectivity index (χ0n) is 10.2. The Hall–Kier alpha value is -3.27. The summed E-state index contributed by atoms with van der Waals surface area (Å²) >= 11 is 0. The quantitative estimate of drug-likeness (QED) is 0.781. The van der Waals surface area contributed by atoms with Gasteiger partial charge in [0.25, 0.3) is 5.91 Å². The van der Waals surface area contributed by atoms with Gasteiger partial charge in [-0.15, -0.1) is 0 Å². The largest absolute Gasteiger partial charge is 0.382 e. The number of amides is 1. The molecule has 1 amide bonds. The lowest BCUT2D eigenvalue weighted by Crippen LogP contribution is -2.05. The zero-order chi connectivity index (χ0) is 14.3. The first-order chi connectivity index (χ1) is 9.60. The number of carbonyl (C=O) groups is 1. The fourth-order valence-corrected chi connectivity index (χ4v) is 2.01. The number of aromatic nitrogens is 2. The van der Waals surface area contributed by atoms with Gasteiger partial charge in [-0.25, -0.2) is 9.98 Å². The molecule has 96 valence electrons. The highest BCUT2D eigenvalue weighted by Crippen LogP contribution is 2.28. The van der Waals surface area contributed by atoms with Crippen molar-refractivity contribution in [3.05, 3.63) is 34.9 Å². The molecule has 1 aromatic heterocycles. The monoisotopic (exact) mass is 264 g/mol. The molecule has 2 heterocycles. The zero-order valence-corrected chi connectivity index (χ0v) is 10.2. The maximum Gasteiger partial charge on any atom is 0.277 e. The summed E-state index contributed by atoms with van der Waals surface area (Å²) in [6.07, 6.45) is 1.50. The highest BCUT2D eigenvalue weighted by molar-refractivity contribution is 6.13. The second kappa shape index (κ2) is 4.13. The van der Waals surface area contributed by atoms with Crippen LogP contribution in [0, 0.1) is 11.3 Å². The molecule has 0 unspecified atom stereocenters. The first-order valence-electron chi connectivity index (χ1n) is 5.66. The van der Waals surface area contributed by atoms with Gasteiger partial charge in [0.2, 0.25) is 5.95 Å². The molecule has 1 aliphatic rings. The van der Waals surface area contributed by atoms with Crippen LogP contribution in [0.3, 0.4) is 0 Å². The normalized spacial score (nSPS) is 12.2. The van der Waals surface area contributed by atoms with Crippen molar-refractivity contribution in [3.8, 4) is 17.3 Å². The molecule has 7 nitrogen and oxygen atoms in total. The number of anilines is 2. The summed E-state index contributed by atoms with van der Waals surface area (Å²) in [5, 5.41) is 9.15. The summed E-state index contributed by atoms with van der Waals surface area (Å²) in [5.74, 6) is -0.340. The van der Waals surface area contributed by atoms with Gasteiger partial charge in [-0.3, -0.25) is 4.79 Å². The van der Waals surface area contributed by atoms with Crippen LogP contribution >= 0.6 is 0 Å². The topological polar surface area (TPSA) is 131 Å². The number of rotatable bonds is 1. The Morgan fingerprint density at radius 3 is 2.75 bits per heavy atom. The van der Waals surface area contributed by atoms with Gasteiger partial charge in [-0.05, 0) is 6.07 Å². The number of hydrogen-bond acceptors (Lipinski definition) is 6. The number of aliphatic imine (C=N–C) groups is 1. The number of nitrogens with zero attached hydrogens (tertiary/aromatic N) is 4. The van der Waals surface area contributed by atoms with Crippen molar-refractivity contribution in [1.29, 1.82) is 5.26 Å². The number of nitrogen functional groups attached to an aromatic ring is 2. The Labute approximate surface area is 113 Å². The van der Waals surface area contributed by atoms with Crippen LogP contribution in [0.2, 0.25) is 0 Å². The molecule has 7 heteroatoms. The lowest BCUT2D eigenvalue weighted by atomic mass is 10.0. The second-order valence-corrected chi connectivity index (χ2v) is 4.17. The van der Waals surface area contributed by atoms with Crippen molar-refractivity contribution in [1.82, 2.24) is 9.97 Å². The molecule has 1 aromatic carbocycles. The Kier molecular flexibility index (Phi) is 2.44. The van der Waals surface area contributed by atoms with E-state index < -0.39 is 0 Å². The van der Waals surface area contributed by atoms with Crippen molar-refractivity contribution < 1.29 is 4.79 Å². The minimum absolute atomic E-state index is 0.0121. The van der Waals surface area contributed by atoms with E-state index in [9.17, 15) is 4.79 Å². The number of hydrogen-bond donors (Lipinski definition) is 2. The van der Waals surface area contributed by atoms with Crippen LogP contribution in [0.15, 0.2) is 23.2 Å². The number of carbonyl (C=O) groups excluding carboxylic acids is 1. The summed E-state index contributed by atoms with van der Waals surface area (Å²) in [5.41, 5.74) is 13.4. The molecule has 4 N–H and O–H groups in total. The third-order valence-electron chi connectivity index (χ3n) is 2.94. The Morgan fingerprint density at radius 2 is 2.00 bits per heavy atom. The van der Waals surface area contributed by atoms with Crippen LogP contribution in [-0.4, -0.2) is 22.1 Å². The van der Waals surface area contributed by atoms with Crippen LogP contribution in [0.4, 0.5) is 11.8 Å². The Morgan fingerprint density at radius 1 is 1.20 bits per heavy atom. The molecule has 0 atom stereocenters. The SMILES string of the molecule is N#Cc1c(N)nc(N)nc1-c1ccc2c(c1)C(=O)N=C2. The standard InChI is InChI=1S/C13H8N6O/c14-4-9-10(18-13(16)19-11(9)15)6-1-2-7-5-17-12(20)8(7)3-6/h1-3,5H,(H4,15,16,18,19). The van der Waals surface area contributed by atoms with Crippen molar-refractivity contribution in [3.63, 3.8) is 0 Å². The van der Waals surface area contributed by atoms with Gasteiger partial charge in [0.05, 0.1) is 11.3 Å². The van der Waals surface area contributed by atoms with Gasteiger partial charge < -0.3 is 11.5 Å². The van der Waals surface area contributed by atoms with Gasteiger partial charge in [-0.2, -0.15) is 10.2 Å². The molecule has 1 aliphatic heterocycles. The average molecular weight is 264 g/mol. The van der Waals surface area contributed by atoms with Gasteiger partial charge in [0.15, 0.2) is 0 Å². The molecule has 2 aromatic rings. The van der Waals surface area contributed by atoms with Crippen molar-refractivity contribution in [2.45, 2.75) is 0 Å². The highest BCUT2D eigenvalue weighted by atomic mass is 16.1. The molecule has 0 saturated carbocycles. The lowest BCUT2D eigenvalue weighted by molar-refractivity contribution is 0.101. The Bertz CT molecular complexity index is 818. The minimum Gasteiger partial charge on any atom is -0.382 e. The van der Waals surface area contributed by atoms with E-state index in [1.165, 1.54) is 6.21 Å². The highest BCUT2D eigenvalue weighted by Gasteiger charge is 2.19. The van der Waals surface area contributed by atoms with Crippen molar-refractivity contribution in [2.75, 3.05) is 11.5 Å². The van der Waals surface area contributed by atoms with Gasteiger partial charge in [0.1, 0.15) is 17.5 Å². The first kappa shape index (κ1) is 11.8. The fraction of sp³-hybridized carbons (Fsp3) is 0. The van der Waals surface area contributed by atoms with E-state index in [4.69, 9.17) is 16.7 Å². The summed E-state index contributed by atoms with van der Waals surface area (Å²) in [7, 11) is 0. The summed E-state index contributed by atoms with van der Waals surface area (Å²) in [6, 6.07) is 7.02. The molecular formula is C13H8N6O. The molecule has 0 fully saturated rings. The first-order valence-corrected chi connectivity index (χ1v) is 5.66. The number of nitrogens with two attached hydrogens (primary N) is 2. The molecule has 0 bridgehead atoms. The third-order valence-corrected chi connectivity index (χ3v) is 2.94. The van der Waals surface area contributed by atoms with Crippen molar-refractivity contribution >= 4 is 23.9 Å². The predicted octanol–water partition coefficient (Wildman–Crippen LogP) is 0.752. The van der Waals surface area contributed by atoms with Gasteiger partial charge in [-0.1, -0.05) is 12.1 Å². The maximum absolute atomic E-state index is 11.6. The predicted molar refractivity (Wildman–Crippen MR) is 72.9 cm³/mol. The van der Waals surface area contributed by atoms with E-state index in [-0.39, 0.29) is 23.2 Å². The van der Waals surface area contributed by atoms with E-state index in [1.54, 1.807) is 18.2 Å². The molecule has 0 spiro atoms. The minimum atomic E-state index is -0.324. The van der Waals surface area contributed by atoms with E-state index in [0.717, 1.165) is 5.56 Å². The number of fused-ring (bicyclic) bond motifs is 1. The molecular weight excluding hydrogens is 256 g/mol. The fourth-order valence-electron chi connectivity index (χ4n) is 2.01. The maximum atomic E-state index is 11.6. The van der Waals surface area contributed by atoms with Crippen LogP contribution < -0.4 is 11.5 Å². The van der Waals surface area contributed by atoms with E-state index in [0.29, 0.717) is 16.8 Å². The van der Waals surface area contributed by atoms with Gasteiger partial charge in [0, 0.05) is 17.3 Å². The molecule has 0 radical (unpaired) electrons. The van der Waals surface area contributed by atoms with E-state index in [1.807, 2.05) is 6.07 Å².